The monoisotopic (exact) mass is 350 g/mol. The molecule has 2 fully saturated rings. The summed E-state index contributed by atoms with van der Waals surface area (Å²) in [7, 11) is 0. The molecular weight excluding hydrogens is 324 g/mol. The first-order valence-electron chi connectivity index (χ1n) is 9.03. The first kappa shape index (κ1) is 18.1. The SMILES string of the molecule is O=[N+]([O-])c1ccc(CO)cc1N1CCC(OCC2CCCCO2)CC1. The van der Waals surface area contributed by atoms with Crippen molar-refractivity contribution in [1.82, 2.24) is 0 Å². The predicted octanol–water partition coefficient (Wildman–Crippen LogP) is 2.64. The van der Waals surface area contributed by atoms with Gasteiger partial charge in [0.25, 0.3) is 5.69 Å². The average molecular weight is 350 g/mol. The molecule has 0 spiro atoms. The second-order valence-corrected chi connectivity index (χ2v) is 6.75. The number of rotatable bonds is 6. The van der Waals surface area contributed by atoms with Gasteiger partial charge >= 0.3 is 0 Å². The Morgan fingerprint density at radius 3 is 2.72 bits per heavy atom. The maximum absolute atomic E-state index is 11.3. The van der Waals surface area contributed by atoms with Crippen LogP contribution >= 0.6 is 0 Å². The number of piperidine rings is 1. The van der Waals surface area contributed by atoms with Crippen molar-refractivity contribution in [3.8, 4) is 0 Å². The van der Waals surface area contributed by atoms with Gasteiger partial charge in [-0.2, -0.15) is 0 Å². The van der Waals surface area contributed by atoms with Crippen LogP contribution in [0, 0.1) is 10.1 Å². The van der Waals surface area contributed by atoms with E-state index >= 15 is 0 Å². The molecule has 1 N–H and O–H groups in total. The molecule has 0 radical (unpaired) electrons. The number of nitro groups is 1. The number of anilines is 1. The molecule has 0 aromatic heterocycles. The van der Waals surface area contributed by atoms with Gasteiger partial charge in [-0.25, -0.2) is 0 Å². The van der Waals surface area contributed by atoms with Crippen LogP contribution < -0.4 is 4.90 Å². The van der Waals surface area contributed by atoms with Crippen molar-refractivity contribution >= 4 is 11.4 Å². The van der Waals surface area contributed by atoms with Crippen LogP contribution in [0.2, 0.25) is 0 Å². The highest BCUT2D eigenvalue weighted by Gasteiger charge is 2.26. The van der Waals surface area contributed by atoms with Crippen molar-refractivity contribution in [3.63, 3.8) is 0 Å². The molecule has 0 aliphatic carbocycles. The number of nitrogens with zero attached hydrogens (tertiary/aromatic N) is 2. The Hall–Kier alpha value is -1.70. The fourth-order valence-electron chi connectivity index (χ4n) is 3.52. The van der Waals surface area contributed by atoms with Crippen molar-refractivity contribution in [2.45, 2.75) is 50.9 Å². The van der Waals surface area contributed by atoms with E-state index in [1.807, 2.05) is 4.90 Å². The third-order valence-electron chi connectivity index (χ3n) is 4.99. The van der Waals surface area contributed by atoms with E-state index in [2.05, 4.69) is 0 Å². The molecule has 138 valence electrons. The van der Waals surface area contributed by atoms with Gasteiger partial charge in [0.15, 0.2) is 0 Å². The lowest BCUT2D eigenvalue weighted by Gasteiger charge is -2.34. The Balaban J connectivity index is 1.55. The van der Waals surface area contributed by atoms with E-state index in [1.54, 1.807) is 12.1 Å². The third-order valence-corrected chi connectivity index (χ3v) is 4.99. The van der Waals surface area contributed by atoms with Crippen LogP contribution in [0.25, 0.3) is 0 Å². The summed E-state index contributed by atoms with van der Waals surface area (Å²) in [5.74, 6) is 0. The molecule has 7 nitrogen and oxygen atoms in total. The summed E-state index contributed by atoms with van der Waals surface area (Å²) in [5, 5.41) is 20.6. The Bertz CT molecular complexity index is 581. The number of aliphatic hydroxyl groups is 1. The average Bonchev–Trinajstić information content (AvgIpc) is 2.67. The van der Waals surface area contributed by atoms with Crippen molar-refractivity contribution in [3.05, 3.63) is 33.9 Å². The summed E-state index contributed by atoms with van der Waals surface area (Å²) in [6, 6.07) is 4.79. The van der Waals surface area contributed by atoms with E-state index in [0.29, 0.717) is 30.9 Å². The minimum atomic E-state index is -0.362. The Morgan fingerprint density at radius 1 is 1.28 bits per heavy atom. The number of aliphatic hydroxyl groups excluding tert-OH is 1. The largest absolute Gasteiger partial charge is 0.392 e. The number of benzene rings is 1. The summed E-state index contributed by atoms with van der Waals surface area (Å²) >= 11 is 0. The molecule has 3 rings (SSSR count). The molecule has 2 saturated heterocycles. The molecule has 7 heteroatoms. The van der Waals surface area contributed by atoms with Crippen LogP contribution in [0.4, 0.5) is 11.4 Å². The number of nitro benzene ring substituents is 1. The third kappa shape index (κ3) is 4.68. The number of ether oxygens (including phenoxy) is 2. The van der Waals surface area contributed by atoms with E-state index in [0.717, 1.165) is 32.3 Å². The van der Waals surface area contributed by atoms with Gasteiger partial charge in [0.05, 0.1) is 30.3 Å². The van der Waals surface area contributed by atoms with Crippen LogP contribution in [0.5, 0.6) is 0 Å². The zero-order valence-electron chi connectivity index (χ0n) is 14.4. The molecule has 0 bridgehead atoms. The number of hydrogen-bond acceptors (Lipinski definition) is 6. The summed E-state index contributed by atoms with van der Waals surface area (Å²) < 4.78 is 11.7. The summed E-state index contributed by atoms with van der Waals surface area (Å²) in [6.07, 6.45) is 5.49. The van der Waals surface area contributed by atoms with Crippen molar-refractivity contribution in [2.24, 2.45) is 0 Å². The van der Waals surface area contributed by atoms with Crippen LogP contribution in [0.1, 0.15) is 37.7 Å². The second kappa shape index (κ2) is 8.60. The molecule has 0 saturated carbocycles. The molecule has 25 heavy (non-hydrogen) atoms. The van der Waals surface area contributed by atoms with Crippen molar-refractivity contribution in [1.29, 1.82) is 0 Å². The molecule has 1 aromatic carbocycles. The van der Waals surface area contributed by atoms with Gasteiger partial charge < -0.3 is 19.5 Å². The van der Waals surface area contributed by atoms with Gasteiger partial charge in [-0.15, -0.1) is 0 Å². The highest BCUT2D eigenvalue weighted by atomic mass is 16.6. The van der Waals surface area contributed by atoms with Crippen LogP contribution in [0.3, 0.4) is 0 Å². The lowest BCUT2D eigenvalue weighted by atomic mass is 10.0. The molecule has 1 aromatic rings. The molecule has 2 aliphatic rings. The molecule has 1 unspecified atom stereocenters. The van der Waals surface area contributed by atoms with Gasteiger partial charge in [-0.1, -0.05) is 0 Å². The zero-order valence-corrected chi connectivity index (χ0v) is 14.4. The fraction of sp³-hybridized carbons (Fsp3) is 0.667. The van der Waals surface area contributed by atoms with Crippen LogP contribution in [-0.4, -0.2) is 48.5 Å². The van der Waals surface area contributed by atoms with E-state index in [-0.39, 0.29) is 29.4 Å². The van der Waals surface area contributed by atoms with Crippen LogP contribution in [0.15, 0.2) is 18.2 Å². The lowest BCUT2D eigenvalue weighted by Crippen LogP contribution is -2.38. The van der Waals surface area contributed by atoms with Gasteiger partial charge in [0.2, 0.25) is 0 Å². The molecule has 1 atom stereocenters. The van der Waals surface area contributed by atoms with Crippen LogP contribution in [-0.2, 0) is 16.1 Å². The quantitative estimate of drug-likeness (QED) is 0.627. The fourth-order valence-corrected chi connectivity index (χ4v) is 3.52. The smallest absolute Gasteiger partial charge is 0.292 e. The Morgan fingerprint density at radius 2 is 2.08 bits per heavy atom. The first-order valence-corrected chi connectivity index (χ1v) is 9.03. The zero-order chi connectivity index (χ0) is 17.6. The molecule has 2 heterocycles. The minimum Gasteiger partial charge on any atom is -0.392 e. The standard InChI is InChI=1S/C18H26N2O5/c21-12-14-4-5-17(20(22)23)18(11-14)19-8-6-15(7-9-19)25-13-16-3-1-2-10-24-16/h4-5,11,15-16,21H,1-3,6-10,12-13H2. The van der Waals surface area contributed by atoms with Gasteiger partial charge in [0.1, 0.15) is 5.69 Å². The number of hydrogen-bond donors (Lipinski definition) is 1. The molecular formula is C18H26N2O5. The highest BCUT2D eigenvalue weighted by molar-refractivity contribution is 5.64. The maximum Gasteiger partial charge on any atom is 0.292 e. The van der Waals surface area contributed by atoms with Crippen molar-refractivity contribution < 1.29 is 19.5 Å². The van der Waals surface area contributed by atoms with Gasteiger partial charge in [-0.05, 0) is 49.8 Å². The van der Waals surface area contributed by atoms with Gasteiger partial charge in [0, 0.05) is 25.8 Å². The summed E-state index contributed by atoms with van der Waals surface area (Å²) in [5.41, 5.74) is 1.37. The molecule has 2 aliphatic heterocycles. The molecule has 0 amide bonds. The van der Waals surface area contributed by atoms with E-state index in [4.69, 9.17) is 9.47 Å². The highest BCUT2D eigenvalue weighted by Crippen LogP contribution is 2.32. The first-order chi connectivity index (χ1) is 12.2. The van der Waals surface area contributed by atoms with Crippen molar-refractivity contribution in [2.75, 3.05) is 31.2 Å². The van der Waals surface area contributed by atoms with E-state index in [1.165, 1.54) is 12.5 Å². The minimum absolute atomic E-state index is 0.0900. The lowest BCUT2D eigenvalue weighted by molar-refractivity contribution is -0.384. The predicted molar refractivity (Wildman–Crippen MR) is 93.8 cm³/mol. The van der Waals surface area contributed by atoms with E-state index in [9.17, 15) is 15.2 Å². The summed E-state index contributed by atoms with van der Waals surface area (Å²) in [6.45, 7) is 2.78. The van der Waals surface area contributed by atoms with E-state index < -0.39 is 0 Å². The summed E-state index contributed by atoms with van der Waals surface area (Å²) in [4.78, 5) is 12.9. The topological polar surface area (TPSA) is 85.1 Å². The maximum atomic E-state index is 11.3. The normalized spacial score (nSPS) is 22.1. The Labute approximate surface area is 147 Å². The van der Waals surface area contributed by atoms with Gasteiger partial charge in [-0.3, -0.25) is 10.1 Å². The second-order valence-electron chi connectivity index (χ2n) is 6.75. The Kier molecular flexibility index (Phi) is 6.23.